The van der Waals surface area contributed by atoms with Gasteiger partial charge in [0.1, 0.15) is 11.2 Å². The summed E-state index contributed by atoms with van der Waals surface area (Å²) in [6.45, 7) is 4.11. The average molecular weight is 376 g/mol. The Morgan fingerprint density at radius 3 is 2.34 bits per heavy atom. The Morgan fingerprint density at radius 2 is 1.52 bits per heavy atom. The largest absolute Gasteiger partial charge is 0.456 e. The summed E-state index contributed by atoms with van der Waals surface area (Å²) in [6.07, 6.45) is 2.08. The number of fused-ring (bicyclic) bond motifs is 3. The standard InChI is InChI=1S/C26H20N2O/c1-3-17(2)22-16-23(18-9-5-4-6-10-18)28-26(27-22)19-13-14-25-21(15-19)20-11-7-8-12-24(20)29-25/h3-16H,1-2H3/b17-3+. The first-order valence-corrected chi connectivity index (χ1v) is 9.72. The molecule has 0 spiro atoms. The van der Waals surface area contributed by atoms with E-state index in [4.69, 9.17) is 14.4 Å². The fourth-order valence-corrected chi connectivity index (χ4v) is 3.55. The lowest BCUT2D eigenvalue weighted by Gasteiger charge is -2.09. The quantitative estimate of drug-likeness (QED) is 0.336. The van der Waals surface area contributed by atoms with Crippen LogP contribution in [0.2, 0.25) is 0 Å². The van der Waals surface area contributed by atoms with Gasteiger partial charge in [0.15, 0.2) is 5.82 Å². The number of allylic oxidation sites excluding steroid dienone is 2. The molecule has 0 aliphatic carbocycles. The molecule has 140 valence electrons. The van der Waals surface area contributed by atoms with Crippen molar-refractivity contribution < 1.29 is 4.42 Å². The van der Waals surface area contributed by atoms with Crippen LogP contribution in [0.15, 0.2) is 89.4 Å². The Bertz CT molecular complexity index is 1360. The highest BCUT2D eigenvalue weighted by atomic mass is 16.3. The molecule has 0 atom stereocenters. The number of hydrogen-bond acceptors (Lipinski definition) is 3. The van der Waals surface area contributed by atoms with E-state index >= 15 is 0 Å². The van der Waals surface area contributed by atoms with Gasteiger partial charge in [-0.05, 0) is 49.8 Å². The van der Waals surface area contributed by atoms with Gasteiger partial charge in [-0.1, -0.05) is 54.6 Å². The van der Waals surface area contributed by atoms with Crippen molar-refractivity contribution in [1.29, 1.82) is 0 Å². The fraction of sp³-hybridized carbons (Fsp3) is 0.0769. The molecule has 5 aromatic rings. The molecule has 5 rings (SSSR count). The SMILES string of the molecule is C/C=C(\C)c1cc(-c2ccccc2)nc(-c2ccc3oc4ccccc4c3c2)n1. The summed E-state index contributed by atoms with van der Waals surface area (Å²) >= 11 is 0. The van der Waals surface area contributed by atoms with E-state index in [2.05, 4.69) is 43.3 Å². The second-order valence-electron chi connectivity index (χ2n) is 7.11. The van der Waals surface area contributed by atoms with Crippen molar-refractivity contribution in [3.8, 4) is 22.6 Å². The molecule has 0 N–H and O–H groups in total. The Hall–Kier alpha value is -3.72. The topological polar surface area (TPSA) is 38.9 Å². The first-order chi connectivity index (χ1) is 14.2. The second kappa shape index (κ2) is 7.02. The van der Waals surface area contributed by atoms with E-state index in [0.29, 0.717) is 0 Å². The summed E-state index contributed by atoms with van der Waals surface area (Å²) in [5.74, 6) is 0.717. The Kier molecular flexibility index (Phi) is 4.21. The van der Waals surface area contributed by atoms with Gasteiger partial charge in [0.25, 0.3) is 0 Å². The van der Waals surface area contributed by atoms with E-state index in [0.717, 1.165) is 55.9 Å². The van der Waals surface area contributed by atoms with Crippen molar-refractivity contribution in [3.05, 3.63) is 90.6 Å². The third-order valence-electron chi connectivity index (χ3n) is 5.27. The van der Waals surface area contributed by atoms with Crippen LogP contribution >= 0.6 is 0 Å². The number of aromatic nitrogens is 2. The van der Waals surface area contributed by atoms with Gasteiger partial charge in [-0.15, -0.1) is 0 Å². The van der Waals surface area contributed by atoms with Crippen molar-refractivity contribution in [1.82, 2.24) is 9.97 Å². The van der Waals surface area contributed by atoms with Gasteiger partial charge in [-0.3, -0.25) is 0 Å². The smallest absolute Gasteiger partial charge is 0.160 e. The number of para-hydroxylation sites is 1. The van der Waals surface area contributed by atoms with E-state index in [-0.39, 0.29) is 0 Å². The first kappa shape index (κ1) is 17.4. The second-order valence-corrected chi connectivity index (χ2v) is 7.11. The minimum Gasteiger partial charge on any atom is -0.456 e. The normalized spacial score (nSPS) is 12.0. The lowest BCUT2D eigenvalue weighted by molar-refractivity contribution is 0.669. The highest BCUT2D eigenvalue weighted by Gasteiger charge is 2.12. The Morgan fingerprint density at radius 1 is 0.759 bits per heavy atom. The van der Waals surface area contributed by atoms with E-state index in [9.17, 15) is 0 Å². The molecule has 0 aliphatic heterocycles. The lowest BCUT2D eigenvalue weighted by atomic mass is 10.1. The van der Waals surface area contributed by atoms with Crippen molar-refractivity contribution in [2.45, 2.75) is 13.8 Å². The number of hydrogen-bond donors (Lipinski definition) is 0. The Labute approximate surface area is 169 Å². The molecule has 0 saturated heterocycles. The van der Waals surface area contributed by atoms with Gasteiger partial charge in [-0.25, -0.2) is 9.97 Å². The number of benzene rings is 3. The summed E-state index contributed by atoms with van der Waals surface area (Å²) in [6, 6.07) is 26.6. The lowest BCUT2D eigenvalue weighted by Crippen LogP contribution is -1.97. The van der Waals surface area contributed by atoms with Crippen LogP contribution in [0.25, 0.3) is 50.2 Å². The van der Waals surface area contributed by atoms with Crippen LogP contribution in [0.1, 0.15) is 19.5 Å². The third-order valence-corrected chi connectivity index (χ3v) is 5.27. The van der Waals surface area contributed by atoms with Crippen LogP contribution < -0.4 is 0 Å². The highest BCUT2D eigenvalue weighted by molar-refractivity contribution is 6.06. The summed E-state index contributed by atoms with van der Waals surface area (Å²) in [7, 11) is 0. The predicted molar refractivity (Wildman–Crippen MR) is 120 cm³/mol. The molecule has 29 heavy (non-hydrogen) atoms. The van der Waals surface area contributed by atoms with E-state index in [1.165, 1.54) is 0 Å². The van der Waals surface area contributed by atoms with Gasteiger partial charge in [0, 0.05) is 21.9 Å². The molecule has 0 saturated carbocycles. The molecule has 0 unspecified atom stereocenters. The van der Waals surface area contributed by atoms with Crippen molar-refractivity contribution in [2.24, 2.45) is 0 Å². The minimum atomic E-state index is 0.717. The van der Waals surface area contributed by atoms with Gasteiger partial charge in [-0.2, -0.15) is 0 Å². The fourth-order valence-electron chi connectivity index (χ4n) is 3.55. The molecule has 0 aliphatic rings. The maximum absolute atomic E-state index is 5.97. The van der Waals surface area contributed by atoms with E-state index in [1.54, 1.807) is 0 Å². The Balaban J connectivity index is 1.73. The van der Waals surface area contributed by atoms with Crippen LogP contribution in [-0.2, 0) is 0 Å². The highest BCUT2D eigenvalue weighted by Crippen LogP contribution is 2.32. The minimum absolute atomic E-state index is 0.717. The van der Waals surface area contributed by atoms with Crippen molar-refractivity contribution in [3.63, 3.8) is 0 Å². The molecular formula is C26H20N2O. The summed E-state index contributed by atoms with van der Waals surface area (Å²) < 4.78 is 5.97. The van der Waals surface area contributed by atoms with Crippen LogP contribution in [0.3, 0.4) is 0 Å². The summed E-state index contributed by atoms with van der Waals surface area (Å²) in [4.78, 5) is 9.75. The molecule has 0 amide bonds. The third kappa shape index (κ3) is 3.11. The summed E-state index contributed by atoms with van der Waals surface area (Å²) in [5.41, 5.74) is 6.81. The van der Waals surface area contributed by atoms with Crippen LogP contribution in [0.4, 0.5) is 0 Å². The zero-order chi connectivity index (χ0) is 19.8. The van der Waals surface area contributed by atoms with Crippen LogP contribution in [0, 0.1) is 0 Å². The molecule has 3 nitrogen and oxygen atoms in total. The average Bonchev–Trinajstić information content (AvgIpc) is 3.16. The van der Waals surface area contributed by atoms with Gasteiger partial charge >= 0.3 is 0 Å². The van der Waals surface area contributed by atoms with Crippen molar-refractivity contribution in [2.75, 3.05) is 0 Å². The zero-order valence-corrected chi connectivity index (χ0v) is 16.4. The molecule has 0 radical (unpaired) electrons. The number of furan rings is 1. The van der Waals surface area contributed by atoms with Crippen LogP contribution in [-0.4, -0.2) is 9.97 Å². The number of nitrogens with zero attached hydrogens (tertiary/aromatic N) is 2. The molecule has 0 fully saturated rings. The number of rotatable bonds is 3. The van der Waals surface area contributed by atoms with Crippen LogP contribution in [0.5, 0.6) is 0 Å². The molecule has 2 aromatic heterocycles. The van der Waals surface area contributed by atoms with E-state index < -0.39 is 0 Å². The van der Waals surface area contributed by atoms with Crippen molar-refractivity contribution >= 4 is 27.5 Å². The molecule has 3 heteroatoms. The molecule has 2 heterocycles. The van der Waals surface area contributed by atoms with Gasteiger partial charge in [0.05, 0.1) is 11.4 Å². The van der Waals surface area contributed by atoms with Gasteiger partial charge in [0.2, 0.25) is 0 Å². The monoisotopic (exact) mass is 376 g/mol. The summed E-state index contributed by atoms with van der Waals surface area (Å²) in [5, 5.41) is 2.18. The molecule has 0 bridgehead atoms. The van der Waals surface area contributed by atoms with Gasteiger partial charge < -0.3 is 4.42 Å². The van der Waals surface area contributed by atoms with E-state index in [1.807, 2.05) is 55.5 Å². The first-order valence-electron chi connectivity index (χ1n) is 9.72. The zero-order valence-electron chi connectivity index (χ0n) is 16.4. The molecular weight excluding hydrogens is 356 g/mol. The predicted octanol–water partition coefficient (Wildman–Crippen LogP) is 7.13. The molecule has 3 aromatic carbocycles. The maximum atomic E-state index is 5.97. The maximum Gasteiger partial charge on any atom is 0.160 e.